The van der Waals surface area contributed by atoms with Gasteiger partial charge in [0, 0.05) is 25.2 Å². The lowest BCUT2D eigenvalue weighted by molar-refractivity contribution is -0.151. The molecule has 1 aliphatic heterocycles. The van der Waals surface area contributed by atoms with Crippen LogP contribution in [0, 0.1) is 11.7 Å². The molecule has 34 heavy (non-hydrogen) atoms. The number of likely N-dealkylation sites (tertiary alicyclic amines) is 1. The number of ether oxygens (including phenoxy) is 1. The molecule has 0 atom stereocenters. The summed E-state index contributed by atoms with van der Waals surface area (Å²) in [5.41, 5.74) is 4.01. The van der Waals surface area contributed by atoms with Gasteiger partial charge in [-0.15, -0.1) is 0 Å². The van der Waals surface area contributed by atoms with Gasteiger partial charge in [-0.25, -0.2) is 14.4 Å². The molecule has 6 rings (SSSR count). The predicted molar refractivity (Wildman–Crippen MR) is 130 cm³/mol. The molecule has 5 nitrogen and oxygen atoms in total. The third-order valence-electron chi connectivity index (χ3n) is 6.59. The lowest BCUT2D eigenvalue weighted by Crippen LogP contribution is -2.49. The minimum Gasteiger partial charge on any atom is -0.469 e. The molecule has 2 aliphatic rings. The van der Waals surface area contributed by atoms with E-state index in [0.717, 1.165) is 21.6 Å². The van der Waals surface area contributed by atoms with Gasteiger partial charge in [-0.05, 0) is 35.4 Å². The van der Waals surface area contributed by atoms with Crippen LogP contribution in [0.15, 0.2) is 72.8 Å². The molecule has 1 saturated heterocycles. The molecule has 0 spiro atoms. The fraction of sp³-hybridized carbons (Fsp3) is 0.222. The van der Waals surface area contributed by atoms with Crippen LogP contribution in [0.4, 0.5) is 4.39 Å². The number of halogens is 1. The van der Waals surface area contributed by atoms with Gasteiger partial charge < -0.3 is 4.74 Å². The van der Waals surface area contributed by atoms with Gasteiger partial charge in [-0.1, -0.05) is 59.9 Å². The molecule has 0 saturated carbocycles. The number of thiazole rings is 1. The second-order valence-corrected chi connectivity index (χ2v) is 9.81. The highest BCUT2D eigenvalue weighted by molar-refractivity contribution is 7.21. The van der Waals surface area contributed by atoms with Gasteiger partial charge in [0.25, 0.3) is 0 Å². The number of hydrogen-bond donors (Lipinski definition) is 0. The molecule has 7 heteroatoms. The lowest BCUT2D eigenvalue weighted by atomic mass is 9.89. The molecule has 0 bridgehead atoms. The molecular weight excluding hydrogens is 449 g/mol. The predicted octanol–water partition coefficient (Wildman–Crippen LogP) is 4.96. The largest absolute Gasteiger partial charge is 0.469 e. The first kappa shape index (κ1) is 21.1. The van der Waals surface area contributed by atoms with Crippen LogP contribution in [0.5, 0.6) is 0 Å². The van der Waals surface area contributed by atoms with E-state index in [1.807, 2.05) is 36.4 Å². The van der Waals surface area contributed by atoms with Crippen molar-refractivity contribution in [1.29, 1.82) is 0 Å². The van der Waals surface area contributed by atoms with Gasteiger partial charge in [0.05, 0.1) is 24.1 Å². The Morgan fingerprint density at radius 2 is 1.91 bits per heavy atom. The molecule has 1 aliphatic carbocycles. The topological polar surface area (TPSA) is 55.3 Å². The molecule has 0 amide bonds. The van der Waals surface area contributed by atoms with E-state index in [2.05, 4.69) is 34.2 Å². The average Bonchev–Trinajstić information content (AvgIpc) is 3.54. The Morgan fingerprint density at radius 1 is 1.12 bits per heavy atom. The van der Waals surface area contributed by atoms with Gasteiger partial charge in [0.1, 0.15) is 21.2 Å². The van der Waals surface area contributed by atoms with E-state index in [4.69, 9.17) is 9.72 Å². The lowest BCUT2D eigenvalue weighted by Gasteiger charge is -2.37. The normalized spacial score (nSPS) is 17.0. The zero-order valence-electron chi connectivity index (χ0n) is 18.6. The van der Waals surface area contributed by atoms with Crippen molar-refractivity contribution < 1.29 is 13.9 Å². The third kappa shape index (κ3) is 3.61. The summed E-state index contributed by atoms with van der Waals surface area (Å²) in [6.07, 6.45) is 4.31. The van der Waals surface area contributed by atoms with Crippen molar-refractivity contribution in [3.63, 3.8) is 0 Å². The quantitative estimate of drug-likeness (QED) is 0.294. The molecular formula is C27H22FN3O2S. The van der Waals surface area contributed by atoms with Crippen molar-refractivity contribution in [1.82, 2.24) is 14.9 Å². The molecule has 4 aromatic rings. The highest BCUT2D eigenvalue weighted by atomic mass is 32.1. The standard InChI is InChI=1S/C27H22FN3O2S/c1-33-26(32)18-15-31(16-18)14-17-7-8-20(21(28)13-17)24-29-22-9-10-23(30-25(22)34-24)27(11-12-27)19-5-3-2-4-6-19/h2-13,18H,14-16H2,1H3. The van der Waals surface area contributed by atoms with Gasteiger partial charge in [-0.2, -0.15) is 0 Å². The van der Waals surface area contributed by atoms with E-state index < -0.39 is 0 Å². The van der Waals surface area contributed by atoms with E-state index in [9.17, 15) is 4.79 Å². The zero-order chi connectivity index (χ0) is 23.3. The molecule has 2 aromatic carbocycles. The van der Waals surface area contributed by atoms with Crippen LogP contribution in [0.2, 0.25) is 0 Å². The Kier molecular flexibility index (Phi) is 5.04. The van der Waals surface area contributed by atoms with Crippen LogP contribution in [-0.2, 0) is 21.5 Å². The number of methoxy groups -OCH3 is 1. The Labute approximate surface area is 200 Å². The van der Waals surface area contributed by atoms with Crippen molar-refractivity contribution >= 4 is 27.7 Å². The smallest absolute Gasteiger partial charge is 0.311 e. The third-order valence-corrected chi connectivity index (χ3v) is 7.59. The Bertz CT molecular complexity index is 1420. The highest BCUT2D eigenvalue weighted by Crippen LogP contribution is 2.45. The summed E-state index contributed by atoms with van der Waals surface area (Å²) in [5, 5.41) is 0.621. The Morgan fingerprint density at radius 3 is 2.62 bits per heavy atom. The molecule has 2 aromatic heterocycles. The van der Waals surface area contributed by atoms with E-state index >= 15 is 4.39 Å². The fourth-order valence-corrected chi connectivity index (χ4v) is 5.54. The summed E-state index contributed by atoms with van der Waals surface area (Å²) in [5.74, 6) is -0.565. The number of nitrogens with zero attached hydrogens (tertiary/aromatic N) is 3. The SMILES string of the molecule is COC(=O)C1CN(Cc2ccc(-c3nc4ccc(C5(c6ccccc6)C=C5)nc4s3)c(F)c2)C1. The number of pyridine rings is 1. The maximum absolute atomic E-state index is 15.0. The van der Waals surface area contributed by atoms with Crippen LogP contribution in [-0.4, -0.2) is 41.0 Å². The van der Waals surface area contributed by atoms with Crippen LogP contribution >= 0.6 is 11.3 Å². The summed E-state index contributed by atoms with van der Waals surface area (Å²) in [6, 6.07) is 19.5. The first-order chi connectivity index (χ1) is 16.6. The summed E-state index contributed by atoms with van der Waals surface area (Å²) in [4.78, 5) is 24.0. The average molecular weight is 472 g/mol. The fourth-order valence-electron chi connectivity index (χ4n) is 4.57. The Balaban J connectivity index is 1.22. The number of hydrogen-bond acceptors (Lipinski definition) is 6. The second-order valence-electron chi connectivity index (χ2n) is 8.84. The summed E-state index contributed by atoms with van der Waals surface area (Å²) < 4.78 is 19.8. The second kappa shape index (κ2) is 8.11. The van der Waals surface area contributed by atoms with E-state index in [0.29, 0.717) is 30.2 Å². The van der Waals surface area contributed by atoms with Gasteiger partial charge in [-0.3, -0.25) is 9.69 Å². The number of carbonyl (C=O) groups excluding carboxylic acids is 1. The van der Waals surface area contributed by atoms with Crippen LogP contribution in [0.25, 0.3) is 20.9 Å². The minimum atomic E-state index is -0.300. The maximum atomic E-state index is 15.0. The van der Waals surface area contributed by atoms with Crippen LogP contribution in [0.1, 0.15) is 16.8 Å². The van der Waals surface area contributed by atoms with Crippen LogP contribution in [0.3, 0.4) is 0 Å². The summed E-state index contributed by atoms with van der Waals surface area (Å²) >= 11 is 1.41. The molecule has 170 valence electrons. The number of esters is 1. The maximum Gasteiger partial charge on any atom is 0.311 e. The number of fused-ring (bicyclic) bond motifs is 1. The van der Waals surface area contributed by atoms with Gasteiger partial charge in [0.15, 0.2) is 0 Å². The van der Waals surface area contributed by atoms with E-state index in [1.165, 1.54) is 24.0 Å². The number of benzene rings is 2. The van der Waals surface area contributed by atoms with Crippen LogP contribution < -0.4 is 0 Å². The van der Waals surface area contributed by atoms with Gasteiger partial charge in [0.2, 0.25) is 0 Å². The number of carbonyl (C=O) groups is 1. The summed E-state index contributed by atoms with van der Waals surface area (Å²) in [6.45, 7) is 1.88. The number of aromatic nitrogens is 2. The number of allylic oxidation sites excluding steroid dienone is 2. The molecule has 0 radical (unpaired) electrons. The summed E-state index contributed by atoms with van der Waals surface area (Å²) in [7, 11) is 1.40. The van der Waals surface area contributed by atoms with Crippen molar-refractivity contribution in [3.05, 3.63) is 95.5 Å². The van der Waals surface area contributed by atoms with E-state index in [1.54, 1.807) is 12.1 Å². The molecule has 0 unspecified atom stereocenters. The van der Waals surface area contributed by atoms with Crippen molar-refractivity contribution in [2.24, 2.45) is 5.92 Å². The van der Waals surface area contributed by atoms with Crippen molar-refractivity contribution in [2.45, 2.75) is 12.0 Å². The number of rotatable bonds is 6. The minimum absolute atomic E-state index is 0.0823. The van der Waals surface area contributed by atoms with Crippen molar-refractivity contribution in [2.75, 3.05) is 20.2 Å². The van der Waals surface area contributed by atoms with Crippen molar-refractivity contribution in [3.8, 4) is 10.6 Å². The molecule has 0 N–H and O–H groups in total. The van der Waals surface area contributed by atoms with Gasteiger partial charge >= 0.3 is 5.97 Å². The first-order valence-corrected chi connectivity index (χ1v) is 12.0. The van der Waals surface area contributed by atoms with E-state index in [-0.39, 0.29) is 23.1 Å². The highest BCUT2D eigenvalue weighted by Gasteiger charge is 2.39. The molecule has 1 fully saturated rings. The molecule has 3 heterocycles. The first-order valence-electron chi connectivity index (χ1n) is 11.2. The zero-order valence-corrected chi connectivity index (χ0v) is 19.4. The monoisotopic (exact) mass is 471 g/mol. The Hall–Kier alpha value is -3.42.